The van der Waals surface area contributed by atoms with Crippen LogP contribution < -0.4 is 10.2 Å². The van der Waals surface area contributed by atoms with Crippen LogP contribution in [-0.2, 0) is 6.42 Å². The third kappa shape index (κ3) is 2.90. The van der Waals surface area contributed by atoms with Crippen LogP contribution in [0, 0.1) is 11.6 Å². The van der Waals surface area contributed by atoms with Crippen LogP contribution in [0.3, 0.4) is 0 Å². The molecule has 2 radical (unpaired) electrons. The summed E-state index contributed by atoms with van der Waals surface area (Å²) < 4.78 is 32.1. The molecule has 0 spiro atoms. The molecular weight excluding hydrogens is 268 g/mol. The highest BCUT2D eigenvalue weighted by Crippen LogP contribution is 2.25. The predicted molar refractivity (Wildman–Crippen MR) is 72.6 cm³/mol. The summed E-state index contributed by atoms with van der Waals surface area (Å²) >= 11 is 6.00. The van der Waals surface area contributed by atoms with Crippen molar-refractivity contribution in [1.29, 1.82) is 0 Å². The maximum absolute atomic E-state index is 13.8. The van der Waals surface area contributed by atoms with Crippen LogP contribution in [0.15, 0.2) is 30.3 Å². The normalized spacial score (nSPS) is 10.5. The van der Waals surface area contributed by atoms with Gasteiger partial charge < -0.3 is 4.74 Å². The molecule has 1 nitrogen and oxygen atoms in total. The van der Waals surface area contributed by atoms with Gasteiger partial charge in [0, 0.05) is 11.4 Å². The zero-order chi connectivity index (χ0) is 14.0. The lowest BCUT2D eigenvalue weighted by atomic mass is 9.92. The minimum atomic E-state index is -1.000. The SMILES string of the molecule is [B]c1ccc(Cl)c(Cc2ccc(OC)c(F)c2F)c1. The van der Waals surface area contributed by atoms with E-state index in [1.807, 2.05) is 0 Å². The predicted octanol–water partition coefficient (Wildman–Crippen LogP) is 3.01. The third-order valence-electron chi connectivity index (χ3n) is 2.80. The molecule has 19 heavy (non-hydrogen) atoms. The second kappa shape index (κ2) is 5.62. The van der Waals surface area contributed by atoms with Crippen molar-refractivity contribution < 1.29 is 13.5 Å². The Morgan fingerprint density at radius 1 is 1.11 bits per heavy atom. The van der Waals surface area contributed by atoms with Gasteiger partial charge in [-0.1, -0.05) is 35.3 Å². The summed E-state index contributed by atoms with van der Waals surface area (Å²) in [5.74, 6) is -2.06. The molecule has 0 bridgehead atoms. The van der Waals surface area contributed by atoms with E-state index in [-0.39, 0.29) is 17.7 Å². The summed E-state index contributed by atoms with van der Waals surface area (Å²) in [5, 5.41) is 0.463. The number of benzene rings is 2. The number of rotatable bonds is 3. The van der Waals surface area contributed by atoms with E-state index in [0.717, 1.165) is 0 Å². The van der Waals surface area contributed by atoms with Crippen molar-refractivity contribution in [3.8, 4) is 5.75 Å². The second-order valence-corrected chi connectivity index (χ2v) is 4.49. The van der Waals surface area contributed by atoms with E-state index in [4.69, 9.17) is 24.2 Å². The highest BCUT2D eigenvalue weighted by molar-refractivity contribution is 6.34. The van der Waals surface area contributed by atoms with Gasteiger partial charge in [-0.05, 0) is 23.3 Å². The summed E-state index contributed by atoms with van der Waals surface area (Å²) in [6.07, 6.45) is 0.163. The van der Waals surface area contributed by atoms with E-state index < -0.39 is 11.6 Å². The molecule has 0 amide bonds. The monoisotopic (exact) mass is 278 g/mol. The average molecular weight is 278 g/mol. The Labute approximate surface area is 116 Å². The minimum absolute atomic E-state index is 0.125. The first-order valence-electron chi connectivity index (χ1n) is 5.57. The first-order chi connectivity index (χ1) is 9.02. The first kappa shape index (κ1) is 13.9. The topological polar surface area (TPSA) is 9.23 Å². The Kier molecular flexibility index (Phi) is 4.10. The molecule has 2 rings (SSSR count). The molecule has 0 saturated heterocycles. The van der Waals surface area contributed by atoms with Crippen molar-refractivity contribution in [2.24, 2.45) is 0 Å². The highest BCUT2D eigenvalue weighted by Gasteiger charge is 2.15. The zero-order valence-electron chi connectivity index (χ0n) is 10.2. The van der Waals surface area contributed by atoms with E-state index in [2.05, 4.69) is 0 Å². The van der Waals surface area contributed by atoms with Crippen molar-refractivity contribution in [3.63, 3.8) is 0 Å². The van der Waals surface area contributed by atoms with Crippen LogP contribution in [0.1, 0.15) is 11.1 Å². The molecule has 0 aromatic heterocycles. The summed E-state index contributed by atoms with van der Waals surface area (Å²) in [6.45, 7) is 0. The molecule has 0 heterocycles. The molecule has 0 fully saturated rings. The van der Waals surface area contributed by atoms with Gasteiger partial charge in [0.2, 0.25) is 5.82 Å². The van der Waals surface area contributed by atoms with Gasteiger partial charge in [0.1, 0.15) is 7.85 Å². The van der Waals surface area contributed by atoms with Crippen LogP contribution in [0.4, 0.5) is 8.78 Å². The van der Waals surface area contributed by atoms with Gasteiger partial charge in [0.05, 0.1) is 7.11 Å². The lowest BCUT2D eigenvalue weighted by molar-refractivity contribution is 0.370. The van der Waals surface area contributed by atoms with E-state index in [0.29, 0.717) is 16.0 Å². The maximum atomic E-state index is 13.8. The van der Waals surface area contributed by atoms with Gasteiger partial charge >= 0.3 is 0 Å². The lowest BCUT2D eigenvalue weighted by Crippen LogP contribution is -2.05. The number of hydrogen-bond acceptors (Lipinski definition) is 1. The van der Waals surface area contributed by atoms with Crippen molar-refractivity contribution in [2.45, 2.75) is 6.42 Å². The van der Waals surface area contributed by atoms with Gasteiger partial charge in [0.15, 0.2) is 11.6 Å². The van der Waals surface area contributed by atoms with Crippen LogP contribution in [0.25, 0.3) is 0 Å². The molecule has 96 valence electrons. The van der Waals surface area contributed by atoms with Crippen molar-refractivity contribution in [1.82, 2.24) is 0 Å². The average Bonchev–Trinajstić information content (AvgIpc) is 2.39. The Morgan fingerprint density at radius 2 is 1.84 bits per heavy atom. The van der Waals surface area contributed by atoms with Gasteiger partial charge in [-0.3, -0.25) is 0 Å². The van der Waals surface area contributed by atoms with E-state index in [9.17, 15) is 8.78 Å². The van der Waals surface area contributed by atoms with Gasteiger partial charge in [-0.2, -0.15) is 4.39 Å². The van der Waals surface area contributed by atoms with E-state index >= 15 is 0 Å². The molecule has 0 unspecified atom stereocenters. The number of halogens is 3. The molecule has 0 aliphatic carbocycles. The summed E-state index contributed by atoms with van der Waals surface area (Å²) in [5.41, 5.74) is 1.37. The van der Waals surface area contributed by atoms with Crippen LogP contribution in [0.2, 0.25) is 5.02 Å². The van der Waals surface area contributed by atoms with Crippen molar-refractivity contribution in [2.75, 3.05) is 7.11 Å². The molecule has 2 aromatic rings. The van der Waals surface area contributed by atoms with Crippen LogP contribution in [-0.4, -0.2) is 15.0 Å². The molecule has 0 aliphatic heterocycles. The fraction of sp³-hybridized carbons (Fsp3) is 0.143. The fourth-order valence-corrected chi connectivity index (χ4v) is 1.99. The summed E-state index contributed by atoms with van der Waals surface area (Å²) in [4.78, 5) is 0. The van der Waals surface area contributed by atoms with Crippen LogP contribution in [0.5, 0.6) is 5.75 Å². The molecule has 0 atom stereocenters. The Balaban J connectivity index is 2.39. The number of ether oxygens (including phenoxy) is 1. The second-order valence-electron chi connectivity index (χ2n) is 4.08. The van der Waals surface area contributed by atoms with E-state index in [1.54, 1.807) is 18.2 Å². The molecule has 5 heteroatoms. The Bertz CT molecular complexity index is 617. The van der Waals surface area contributed by atoms with Gasteiger partial charge in [0.25, 0.3) is 0 Å². The Morgan fingerprint density at radius 3 is 2.53 bits per heavy atom. The zero-order valence-corrected chi connectivity index (χ0v) is 11.0. The molecule has 2 aromatic carbocycles. The molecular formula is C14H10BClF2O. The van der Waals surface area contributed by atoms with Crippen molar-refractivity contribution in [3.05, 3.63) is 58.1 Å². The summed E-state index contributed by atoms with van der Waals surface area (Å²) in [7, 11) is 6.93. The minimum Gasteiger partial charge on any atom is -0.494 e. The van der Waals surface area contributed by atoms with E-state index in [1.165, 1.54) is 19.2 Å². The fourth-order valence-electron chi connectivity index (χ4n) is 1.80. The van der Waals surface area contributed by atoms with Gasteiger partial charge in [-0.15, -0.1) is 0 Å². The highest BCUT2D eigenvalue weighted by atomic mass is 35.5. The summed E-state index contributed by atoms with van der Waals surface area (Å²) in [6, 6.07) is 7.77. The molecule has 0 saturated carbocycles. The maximum Gasteiger partial charge on any atom is 0.200 e. The molecule has 0 aliphatic rings. The Hall–Kier alpha value is -1.55. The quantitative estimate of drug-likeness (QED) is 0.784. The molecule has 0 N–H and O–H groups in total. The van der Waals surface area contributed by atoms with Gasteiger partial charge in [-0.25, -0.2) is 4.39 Å². The van der Waals surface area contributed by atoms with Crippen molar-refractivity contribution >= 4 is 24.9 Å². The largest absolute Gasteiger partial charge is 0.494 e. The first-order valence-corrected chi connectivity index (χ1v) is 5.95. The number of methoxy groups -OCH3 is 1. The lowest BCUT2D eigenvalue weighted by Gasteiger charge is -2.09. The number of hydrogen-bond donors (Lipinski definition) is 0. The van der Waals surface area contributed by atoms with Crippen LogP contribution >= 0.6 is 11.6 Å². The smallest absolute Gasteiger partial charge is 0.200 e. The standard InChI is InChI=1S/C14H10BClF2O/c1-19-12-5-2-8(13(17)14(12)18)6-9-7-10(15)3-4-11(9)16/h2-5,7H,6H2,1H3. The third-order valence-corrected chi connectivity index (χ3v) is 3.17.